The lowest BCUT2D eigenvalue weighted by Gasteiger charge is -2.34. The number of thiazole rings is 1. The summed E-state index contributed by atoms with van der Waals surface area (Å²) in [6, 6.07) is 12.1. The summed E-state index contributed by atoms with van der Waals surface area (Å²) in [5, 5.41) is 0.793. The number of piperazine rings is 1. The Morgan fingerprint density at radius 3 is 2.50 bits per heavy atom. The fourth-order valence-corrected chi connectivity index (χ4v) is 4.13. The summed E-state index contributed by atoms with van der Waals surface area (Å²) in [5.41, 5.74) is 0.411. The molecule has 0 unspecified atom stereocenters. The highest BCUT2D eigenvalue weighted by molar-refractivity contribution is 7.22. The van der Waals surface area contributed by atoms with E-state index < -0.39 is 0 Å². The number of halogens is 1. The van der Waals surface area contributed by atoms with Crippen LogP contribution in [0.15, 0.2) is 42.5 Å². The normalized spacial score (nSPS) is 14.4. The van der Waals surface area contributed by atoms with E-state index in [1.165, 1.54) is 17.4 Å². The minimum absolute atomic E-state index is 0.00131. The van der Waals surface area contributed by atoms with Crippen molar-refractivity contribution in [2.75, 3.05) is 44.8 Å². The van der Waals surface area contributed by atoms with Crippen molar-refractivity contribution < 1.29 is 18.7 Å². The van der Waals surface area contributed by atoms with Crippen LogP contribution >= 0.6 is 11.3 Å². The Kier molecular flexibility index (Phi) is 5.29. The zero-order chi connectivity index (χ0) is 19.5. The molecule has 1 aromatic heterocycles. The number of amides is 1. The van der Waals surface area contributed by atoms with E-state index in [2.05, 4.69) is 9.88 Å². The lowest BCUT2D eigenvalue weighted by molar-refractivity contribution is -0.133. The first kappa shape index (κ1) is 18.5. The van der Waals surface area contributed by atoms with Gasteiger partial charge in [-0.2, -0.15) is 0 Å². The standard InChI is InChI=1S/C20H20FN3O3S/c1-26-14-5-7-15(8-6-14)27-13-18(25)23-9-11-24(12-10-23)20-22-19-16(21)3-2-4-17(19)28-20/h2-8H,9-13H2,1H3. The lowest BCUT2D eigenvalue weighted by atomic mass is 10.3. The van der Waals surface area contributed by atoms with Gasteiger partial charge in [-0.25, -0.2) is 9.37 Å². The third-order valence-corrected chi connectivity index (χ3v) is 5.76. The number of benzene rings is 2. The van der Waals surface area contributed by atoms with Crippen molar-refractivity contribution in [3.63, 3.8) is 0 Å². The van der Waals surface area contributed by atoms with Gasteiger partial charge in [-0.1, -0.05) is 17.4 Å². The molecule has 0 N–H and O–H groups in total. The van der Waals surface area contributed by atoms with Crippen molar-refractivity contribution in [2.45, 2.75) is 0 Å². The van der Waals surface area contributed by atoms with Gasteiger partial charge in [-0.3, -0.25) is 4.79 Å². The monoisotopic (exact) mass is 401 g/mol. The van der Waals surface area contributed by atoms with E-state index in [-0.39, 0.29) is 18.3 Å². The van der Waals surface area contributed by atoms with Crippen molar-refractivity contribution in [2.24, 2.45) is 0 Å². The van der Waals surface area contributed by atoms with Crippen molar-refractivity contribution in [1.29, 1.82) is 0 Å². The molecule has 6 nitrogen and oxygen atoms in total. The predicted octanol–water partition coefficient (Wildman–Crippen LogP) is 3.17. The van der Waals surface area contributed by atoms with E-state index in [0.717, 1.165) is 15.6 Å². The zero-order valence-corrected chi connectivity index (χ0v) is 16.2. The molecule has 2 aromatic carbocycles. The van der Waals surface area contributed by atoms with E-state index in [9.17, 15) is 9.18 Å². The number of para-hydroxylation sites is 1. The summed E-state index contributed by atoms with van der Waals surface area (Å²) in [6.45, 7) is 2.50. The van der Waals surface area contributed by atoms with Crippen molar-refractivity contribution in [3.8, 4) is 11.5 Å². The molecule has 4 rings (SSSR count). The summed E-state index contributed by atoms with van der Waals surface area (Å²) in [4.78, 5) is 20.7. The Bertz CT molecular complexity index is 968. The summed E-state index contributed by atoms with van der Waals surface area (Å²) in [6.07, 6.45) is 0. The highest BCUT2D eigenvalue weighted by Gasteiger charge is 2.23. The first-order chi connectivity index (χ1) is 13.6. The maximum absolute atomic E-state index is 13.9. The third kappa shape index (κ3) is 3.87. The maximum Gasteiger partial charge on any atom is 0.260 e. The topological polar surface area (TPSA) is 54.9 Å². The van der Waals surface area contributed by atoms with Crippen LogP contribution < -0.4 is 14.4 Å². The number of methoxy groups -OCH3 is 1. The van der Waals surface area contributed by atoms with Crippen molar-refractivity contribution in [3.05, 3.63) is 48.3 Å². The second kappa shape index (κ2) is 8.02. The number of nitrogens with zero attached hydrogens (tertiary/aromatic N) is 3. The highest BCUT2D eigenvalue weighted by Crippen LogP contribution is 2.30. The average molecular weight is 401 g/mol. The molecule has 1 amide bonds. The van der Waals surface area contributed by atoms with Crippen LogP contribution in [0.1, 0.15) is 0 Å². The van der Waals surface area contributed by atoms with Crippen LogP contribution in [0.5, 0.6) is 11.5 Å². The van der Waals surface area contributed by atoms with Crippen molar-refractivity contribution in [1.82, 2.24) is 9.88 Å². The van der Waals surface area contributed by atoms with Crippen molar-refractivity contribution >= 4 is 32.6 Å². The number of aromatic nitrogens is 1. The predicted molar refractivity (Wildman–Crippen MR) is 107 cm³/mol. The molecule has 0 atom stereocenters. The first-order valence-corrected chi connectivity index (χ1v) is 9.80. The van der Waals surface area contributed by atoms with Crippen LogP contribution in [0, 0.1) is 5.82 Å². The minimum Gasteiger partial charge on any atom is -0.497 e. The van der Waals surface area contributed by atoms with Gasteiger partial charge in [-0.15, -0.1) is 0 Å². The minimum atomic E-state index is -0.301. The summed E-state index contributed by atoms with van der Waals surface area (Å²) >= 11 is 1.47. The number of hydrogen-bond acceptors (Lipinski definition) is 6. The summed E-state index contributed by atoms with van der Waals surface area (Å²) in [5.74, 6) is 1.02. The van der Waals surface area contributed by atoms with Crippen LogP contribution in [-0.4, -0.2) is 55.7 Å². The van der Waals surface area contributed by atoms with Gasteiger partial charge in [0.1, 0.15) is 22.8 Å². The second-order valence-electron chi connectivity index (χ2n) is 6.42. The number of rotatable bonds is 5. The molecule has 2 heterocycles. The number of carbonyl (C=O) groups is 1. The fourth-order valence-electron chi connectivity index (χ4n) is 3.09. The molecule has 8 heteroatoms. The van der Waals surface area contributed by atoms with Gasteiger partial charge >= 0.3 is 0 Å². The highest BCUT2D eigenvalue weighted by atomic mass is 32.1. The molecule has 146 valence electrons. The molecule has 0 radical (unpaired) electrons. The van der Waals surface area contributed by atoms with Crippen LogP contribution in [0.3, 0.4) is 0 Å². The van der Waals surface area contributed by atoms with Crippen LogP contribution in [0.25, 0.3) is 10.2 Å². The van der Waals surface area contributed by atoms with Crippen LogP contribution in [-0.2, 0) is 4.79 Å². The number of carbonyl (C=O) groups excluding carboxylic acids is 1. The van der Waals surface area contributed by atoms with Gasteiger partial charge < -0.3 is 19.3 Å². The molecule has 3 aromatic rings. The third-order valence-electron chi connectivity index (χ3n) is 4.68. The number of fused-ring (bicyclic) bond motifs is 1. The molecular formula is C20H20FN3O3S. The average Bonchev–Trinajstić information content (AvgIpc) is 3.18. The molecule has 1 aliphatic heterocycles. The smallest absolute Gasteiger partial charge is 0.260 e. The van der Waals surface area contributed by atoms with Gasteiger partial charge in [0, 0.05) is 26.2 Å². The molecule has 0 bridgehead atoms. The fraction of sp³-hybridized carbons (Fsp3) is 0.300. The molecule has 28 heavy (non-hydrogen) atoms. The summed E-state index contributed by atoms with van der Waals surface area (Å²) < 4.78 is 25.4. The van der Waals surface area contributed by atoms with Gasteiger partial charge in [0.15, 0.2) is 11.7 Å². The molecular weight excluding hydrogens is 381 g/mol. The molecule has 1 aliphatic rings. The van der Waals surface area contributed by atoms with Gasteiger partial charge in [0.25, 0.3) is 5.91 Å². The number of hydrogen-bond donors (Lipinski definition) is 0. The van der Waals surface area contributed by atoms with Gasteiger partial charge in [0.05, 0.1) is 11.8 Å². The second-order valence-corrected chi connectivity index (χ2v) is 7.42. The molecule has 0 aliphatic carbocycles. The first-order valence-electron chi connectivity index (χ1n) is 8.98. The van der Waals surface area contributed by atoms with E-state index in [1.807, 2.05) is 6.07 Å². The van der Waals surface area contributed by atoms with Gasteiger partial charge in [0.2, 0.25) is 0 Å². The Morgan fingerprint density at radius 1 is 1.11 bits per heavy atom. The zero-order valence-electron chi connectivity index (χ0n) is 15.4. The van der Waals surface area contributed by atoms with Crippen LogP contribution in [0.4, 0.5) is 9.52 Å². The van der Waals surface area contributed by atoms with E-state index in [4.69, 9.17) is 9.47 Å². The lowest BCUT2D eigenvalue weighted by Crippen LogP contribution is -2.50. The number of ether oxygens (including phenoxy) is 2. The SMILES string of the molecule is COc1ccc(OCC(=O)N2CCN(c3nc4c(F)cccc4s3)CC2)cc1. The molecule has 0 saturated carbocycles. The number of anilines is 1. The largest absolute Gasteiger partial charge is 0.497 e. The van der Waals surface area contributed by atoms with E-state index in [1.54, 1.807) is 42.3 Å². The Labute approximate surface area is 166 Å². The van der Waals surface area contributed by atoms with Crippen LogP contribution in [0.2, 0.25) is 0 Å². The Hall–Kier alpha value is -2.87. The van der Waals surface area contributed by atoms with Gasteiger partial charge in [-0.05, 0) is 36.4 Å². The summed E-state index contributed by atoms with van der Waals surface area (Å²) in [7, 11) is 1.60. The Morgan fingerprint density at radius 2 is 1.82 bits per heavy atom. The maximum atomic E-state index is 13.9. The Balaban J connectivity index is 1.31. The quantitative estimate of drug-likeness (QED) is 0.657. The molecule has 1 saturated heterocycles. The molecule has 1 fully saturated rings. The molecule has 0 spiro atoms. The van der Waals surface area contributed by atoms with E-state index >= 15 is 0 Å². The van der Waals surface area contributed by atoms with E-state index in [0.29, 0.717) is 37.4 Å².